The lowest BCUT2D eigenvalue weighted by atomic mass is 9.72. The largest absolute Gasteiger partial charge is 0.497 e. The van der Waals surface area contributed by atoms with Gasteiger partial charge in [-0.15, -0.1) is 11.3 Å². The molecule has 0 radical (unpaired) electrons. The van der Waals surface area contributed by atoms with Crippen LogP contribution in [0.3, 0.4) is 0 Å². The maximum Gasteiger partial charge on any atom is 0.177 e. The Kier molecular flexibility index (Phi) is 4.66. The first-order valence-electron chi connectivity index (χ1n) is 10.0. The number of aliphatic hydroxyl groups is 2. The Balaban J connectivity index is 1.80. The fourth-order valence-electron chi connectivity index (χ4n) is 5.17. The van der Waals surface area contributed by atoms with Crippen molar-refractivity contribution >= 4 is 11.3 Å². The van der Waals surface area contributed by atoms with Gasteiger partial charge >= 0.3 is 0 Å². The van der Waals surface area contributed by atoms with E-state index in [2.05, 4.69) is 0 Å². The molecule has 0 spiro atoms. The quantitative estimate of drug-likeness (QED) is 0.629. The van der Waals surface area contributed by atoms with Crippen molar-refractivity contribution in [3.63, 3.8) is 0 Å². The van der Waals surface area contributed by atoms with Crippen LogP contribution in [0.25, 0.3) is 0 Å². The number of aliphatic hydroxyl groups excluding tert-OH is 1. The molecule has 1 unspecified atom stereocenters. The lowest BCUT2D eigenvalue weighted by molar-refractivity contribution is -0.149. The minimum atomic E-state index is -1.72. The summed E-state index contributed by atoms with van der Waals surface area (Å²) in [6.45, 7) is 0. The van der Waals surface area contributed by atoms with E-state index in [1.165, 1.54) is 7.11 Å². The maximum absolute atomic E-state index is 12.3. The van der Waals surface area contributed by atoms with Crippen molar-refractivity contribution in [1.82, 2.24) is 0 Å². The lowest BCUT2D eigenvalue weighted by Gasteiger charge is -2.40. The second kappa shape index (κ2) is 7.15. The smallest absolute Gasteiger partial charge is 0.177 e. The molecule has 2 aliphatic rings. The molecule has 1 aliphatic heterocycles. The van der Waals surface area contributed by atoms with Crippen LogP contribution in [0.15, 0.2) is 53.9 Å². The standard InChI is InChI=1S/C24H24O6S/c1-27-15-8-6-14(7-9-15)24-17(20-5-4-10-31-20)13-21(25)23(24,26)22-18(29-3)11-16(28-2)12-19(22)30-24/h4-12,17,21,25-26H,13H2,1-3H3/t17-,21?,23+,24-/m0/s1. The molecule has 1 aliphatic carbocycles. The summed E-state index contributed by atoms with van der Waals surface area (Å²) in [4.78, 5) is 1.03. The van der Waals surface area contributed by atoms with Gasteiger partial charge in [-0.25, -0.2) is 0 Å². The molecule has 5 rings (SSSR count). The van der Waals surface area contributed by atoms with E-state index in [-0.39, 0.29) is 5.92 Å². The Bertz CT molecular complexity index is 1100. The summed E-state index contributed by atoms with van der Waals surface area (Å²) in [6.07, 6.45) is -0.720. The van der Waals surface area contributed by atoms with Gasteiger partial charge in [0.2, 0.25) is 0 Å². The normalized spacial score (nSPS) is 28.5. The van der Waals surface area contributed by atoms with Gasteiger partial charge < -0.3 is 29.2 Å². The molecule has 1 aromatic heterocycles. The number of fused-ring (bicyclic) bond motifs is 3. The van der Waals surface area contributed by atoms with E-state index in [9.17, 15) is 10.2 Å². The molecular weight excluding hydrogens is 416 g/mol. The van der Waals surface area contributed by atoms with Gasteiger partial charge in [0, 0.05) is 22.9 Å². The molecule has 6 nitrogen and oxygen atoms in total. The lowest BCUT2D eigenvalue weighted by Crippen LogP contribution is -2.52. The first-order chi connectivity index (χ1) is 15.0. The summed E-state index contributed by atoms with van der Waals surface area (Å²) < 4.78 is 23.0. The molecule has 1 saturated carbocycles. The van der Waals surface area contributed by atoms with Crippen LogP contribution in [0.1, 0.15) is 28.3 Å². The van der Waals surface area contributed by atoms with Crippen LogP contribution in [-0.2, 0) is 11.2 Å². The first-order valence-corrected chi connectivity index (χ1v) is 10.9. The third-order valence-electron chi connectivity index (χ3n) is 6.55. The molecule has 3 aromatic rings. The molecule has 2 aromatic carbocycles. The summed E-state index contributed by atoms with van der Waals surface area (Å²) in [6, 6.07) is 14.9. The van der Waals surface area contributed by atoms with Crippen molar-refractivity contribution in [1.29, 1.82) is 0 Å². The zero-order chi connectivity index (χ0) is 21.8. The van der Waals surface area contributed by atoms with E-state index >= 15 is 0 Å². The van der Waals surface area contributed by atoms with Crippen molar-refractivity contribution < 1.29 is 29.2 Å². The van der Waals surface area contributed by atoms with Crippen molar-refractivity contribution in [2.24, 2.45) is 0 Å². The van der Waals surface area contributed by atoms with Gasteiger partial charge in [-0.3, -0.25) is 0 Å². The van der Waals surface area contributed by atoms with Crippen LogP contribution in [-0.4, -0.2) is 37.6 Å². The van der Waals surface area contributed by atoms with Crippen LogP contribution < -0.4 is 18.9 Å². The van der Waals surface area contributed by atoms with Crippen molar-refractivity contribution in [2.75, 3.05) is 21.3 Å². The zero-order valence-corrected chi connectivity index (χ0v) is 18.3. The van der Waals surface area contributed by atoms with E-state index in [0.717, 1.165) is 10.4 Å². The average Bonchev–Trinajstić information content (AvgIpc) is 3.47. The summed E-state index contributed by atoms with van der Waals surface area (Å²) in [5, 5.41) is 25.6. The molecule has 0 bridgehead atoms. The van der Waals surface area contributed by atoms with Gasteiger partial charge in [0.25, 0.3) is 0 Å². The van der Waals surface area contributed by atoms with Gasteiger partial charge in [-0.1, -0.05) is 18.2 Å². The second-order valence-electron chi connectivity index (χ2n) is 7.85. The number of methoxy groups -OCH3 is 3. The number of rotatable bonds is 5. The van der Waals surface area contributed by atoms with Gasteiger partial charge in [-0.05, 0) is 35.6 Å². The third kappa shape index (κ3) is 2.57. The minimum absolute atomic E-state index is 0.274. The number of thiophene rings is 1. The van der Waals surface area contributed by atoms with Gasteiger partial charge in [-0.2, -0.15) is 0 Å². The topological polar surface area (TPSA) is 77.4 Å². The minimum Gasteiger partial charge on any atom is -0.497 e. The highest BCUT2D eigenvalue weighted by atomic mass is 32.1. The van der Waals surface area contributed by atoms with E-state index < -0.39 is 17.3 Å². The van der Waals surface area contributed by atoms with Crippen LogP contribution >= 0.6 is 11.3 Å². The number of ether oxygens (including phenoxy) is 4. The Hall–Kier alpha value is -2.74. The molecule has 162 valence electrons. The van der Waals surface area contributed by atoms with E-state index in [4.69, 9.17) is 18.9 Å². The molecule has 7 heteroatoms. The second-order valence-corrected chi connectivity index (χ2v) is 8.83. The predicted octanol–water partition coefficient (Wildman–Crippen LogP) is 3.80. The number of benzene rings is 2. The maximum atomic E-state index is 12.3. The monoisotopic (exact) mass is 440 g/mol. The van der Waals surface area contributed by atoms with Gasteiger partial charge in [0.1, 0.15) is 23.0 Å². The Morgan fingerprint density at radius 2 is 1.74 bits per heavy atom. The first kappa shape index (κ1) is 20.2. The van der Waals surface area contributed by atoms with Crippen LogP contribution in [0.2, 0.25) is 0 Å². The van der Waals surface area contributed by atoms with Crippen molar-refractivity contribution in [3.05, 3.63) is 69.9 Å². The van der Waals surface area contributed by atoms with Crippen molar-refractivity contribution in [3.8, 4) is 23.0 Å². The van der Waals surface area contributed by atoms with Crippen molar-refractivity contribution in [2.45, 2.75) is 29.6 Å². The zero-order valence-electron chi connectivity index (χ0n) is 17.5. The van der Waals surface area contributed by atoms with E-state index in [1.54, 1.807) is 37.7 Å². The SMILES string of the molecule is COc1ccc([C@@]23Oc4cc(OC)cc(OC)c4[C@]2(O)C(O)C[C@H]3c2cccs2)cc1. The fraction of sp³-hybridized carbons (Fsp3) is 0.333. The van der Waals surface area contributed by atoms with Gasteiger partial charge in [0.15, 0.2) is 11.2 Å². The average molecular weight is 441 g/mol. The molecule has 2 N–H and O–H groups in total. The summed E-state index contributed by atoms with van der Waals surface area (Å²) in [5.41, 5.74) is -1.77. The molecule has 31 heavy (non-hydrogen) atoms. The molecule has 0 amide bonds. The summed E-state index contributed by atoms with van der Waals surface area (Å²) in [7, 11) is 4.70. The molecule has 2 heterocycles. The van der Waals surface area contributed by atoms with Gasteiger partial charge in [0.05, 0.1) is 33.0 Å². The molecule has 1 fully saturated rings. The summed E-state index contributed by atoms with van der Waals surface area (Å²) in [5.74, 6) is 1.83. The molecular formula is C24H24O6S. The predicted molar refractivity (Wildman–Crippen MR) is 116 cm³/mol. The number of hydrogen-bond donors (Lipinski definition) is 2. The summed E-state index contributed by atoms with van der Waals surface area (Å²) >= 11 is 1.58. The Labute approximate surface area is 184 Å². The van der Waals surface area contributed by atoms with E-state index in [0.29, 0.717) is 35.0 Å². The highest BCUT2D eigenvalue weighted by molar-refractivity contribution is 7.10. The Morgan fingerprint density at radius 3 is 2.35 bits per heavy atom. The molecule has 4 atom stereocenters. The van der Waals surface area contributed by atoms with E-state index in [1.807, 2.05) is 41.8 Å². The third-order valence-corrected chi connectivity index (χ3v) is 7.54. The van der Waals surface area contributed by atoms with Crippen LogP contribution in [0.5, 0.6) is 23.0 Å². The highest BCUT2D eigenvalue weighted by Crippen LogP contribution is 2.68. The molecule has 0 saturated heterocycles. The van der Waals surface area contributed by atoms with Crippen LogP contribution in [0, 0.1) is 0 Å². The fourth-order valence-corrected chi connectivity index (χ4v) is 6.07. The Morgan fingerprint density at radius 1 is 1.00 bits per heavy atom. The van der Waals surface area contributed by atoms with Crippen LogP contribution in [0.4, 0.5) is 0 Å². The highest BCUT2D eigenvalue weighted by Gasteiger charge is 2.73. The number of hydrogen-bond acceptors (Lipinski definition) is 7.